The molecule has 1 fully saturated rings. The van der Waals surface area contributed by atoms with Gasteiger partial charge in [0.15, 0.2) is 5.84 Å². The molecule has 0 aromatic heterocycles. The number of rotatable bonds is 3. The number of nitrogens with one attached hydrogen (secondary N) is 1. The zero-order chi connectivity index (χ0) is 15.5. The Balaban J connectivity index is 2.27. The molecule has 8 heteroatoms. The number of amides is 1. The Morgan fingerprint density at radius 3 is 2.71 bits per heavy atom. The van der Waals surface area contributed by atoms with Crippen LogP contribution in [0.3, 0.4) is 0 Å². The summed E-state index contributed by atoms with van der Waals surface area (Å²) in [6, 6.07) is 5.03. The molecule has 4 N–H and O–H groups in total. The molecule has 1 aromatic carbocycles. The van der Waals surface area contributed by atoms with Crippen molar-refractivity contribution in [2.45, 2.75) is 12.8 Å². The third-order valence-electron chi connectivity index (χ3n) is 3.56. The second-order valence-corrected chi connectivity index (χ2v) is 6.05. The number of carbonyl (C=O) groups is 1. The first kappa shape index (κ1) is 16.1. The summed E-state index contributed by atoms with van der Waals surface area (Å²) in [7, 11) is 0. The van der Waals surface area contributed by atoms with Crippen molar-refractivity contribution in [2.24, 2.45) is 16.3 Å². The second kappa shape index (κ2) is 6.64. The lowest BCUT2D eigenvalue weighted by molar-refractivity contribution is -0.126. The molecule has 1 amide bonds. The van der Waals surface area contributed by atoms with Crippen molar-refractivity contribution in [1.29, 1.82) is 0 Å². The van der Waals surface area contributed by atoms with Gasteiger partial charge in [0.05, 0.1) is 5.69 Å². The number of carbonyl (C=O) groups excluding carboxylic acids is 1. The molecule has 2 rings (SSSR count). The van der Waals surface area contributed by atoms with Crippen LogP contribution in [0.25, 0.3) is 0 Å². The van der Waals surface area contributed by atoms with E-state index < -0.39 is 5.41 Å². The zero-order valence-corrected chi connectivity index (χ0v) is 13.4. The summed E-state index contributed by atoms with van der Waals surface area (Å²) >= 11 is 9.21. The van der Waals surface area contributed by atoms with Crippen molar-refractivity contribution in [1.82, 2.24) is 0 Å². The van der Waals surface area contributed by atoms with Crippen molar-refractivity contribution in [3.63, 3.8) is 0 Å². The van der Waals surface area contributed by atoms with E-state index in [1.807, 2.05) is 0 Å². The van der Waals surface area contributed by atoms with Gasteiger partial charge in [0.25, 0.3) is 0 Å². The molecule has 1 aromatic rings. The van der Waals surface area contributed by atoms with E-state index in [9.17, 15) is 4.79 Å². The molecule has 6 nitrogen and oxygen atoms in total. The lowest BCUT2D eigenvalue weighted by atomic mass is 9.78. The van der Waals surface area contributed by atoms with E-state index >= 15 is 0 Å². The van der Waals surface area contributed by atoms with Gasteiger partial charge < -0.3 is 21.0 Å². The number of ether oxygens (including phenoxy) is 1. The van der Waals surface area contributed by atoms with Crippen LogP contribution in [-0.2, 0) is 9.53 Å². The molecule has 1 saturated heterocycles. The van der Waals surface area contributed by atoms with Crippen LogP contribution in [0.1, 0.15) is 12.8 Å². The van der Waals surface area contributed by atoms with Crippen molar-refractivity contribution in [3.8, 4) is 0 Å². The van der Waals surface area contributed by atoms with Gasteiger partial charge >= 0.3 is 0 Å². The van der Waals surface area contributed by atoms with Crippen molar-refractivity contribution in [2.75, 3.05) is 18.5 Å². The van der Waals surface area contributed by atoms with Crippen molar-refractivity contribution in [3.05, 3.63) is 27.7 Å². The molecule has 0 spiro atoms. The molecule has 0 bridgehead atoms. The third-order valence-corrected chi connectivity index (χ3v) is 4.45. The first-order valence-corrected chi connectivity index (χ1v) is 7.49. The van der Waals surface area contributed by atoms with Gasteiger partial charge in [-0.25, -0.2) is 0 Å². The summed E-state index contributed by atoms with van der Waals surface area (Å²) in [5.74, 6) is -0.433. The van der Waals surface area contributed by atoms with Gasteiger partial charge in [-0.2, -0.15) is 0 Å². The smallest absolute Gasteiger partial charge is 0.238 e. The van der Waals surface area contributed by atoms with Crippen molar-refractivity contribution >= 4 is 45.0 Å². The normalized spacial score (nSPS) is 18.3. The number of amidine groups is 1. The Morgan fingerprint density at radius 2 is 2.14 bits per heavy atom. The van der Waals surface area contributed by atoms with E-state index in [0.717, 1.165) is 0 Å². The Morgan fingerprint density at radius 1 is 1.48 bits per heavy atom. The number of halogens is 2. The van der Waals surface area contributed by atoms with Crippen LogP contribution in [0, 0.1) is 5.41 Å². The van der Waals surface area contributed by atoms with E-state index in [-0.39, 0.29) is 11.7 Å². The highest BCUT2D eigenvalue weighted by molar-refractivity contribution is 9.10. The maximum Gasteiger partial charge on any atom is 0.238 e. The van der Waals surface area contributed by atoms with Gasteiger partial charge in [0.2, 0.25) is 5.91 Å². The second-order valence-electron chi connectivity index (χ2n) is 4.76. The fourth-order valence-electron chi connectivity index (χ4n) is 2.25. The van der Waals surface area contributed by atoms with E-state index in [1.165, 1.54) is 0 Å². The quantitative estimate of drug-likeness (QED) is 0.327. The number of hydrogen-bond donors (Lipinski definition) is 3. The summed E-state index contributed by atoms with van der Waals surface area (Å²) in [4.78, 5) is 12.6. The highest BCUT2D eigenvalue weighted by atomic mass is 79.9. The maximum atomic E-state index is 12.6. The molecule has 1 heterocycles. The minimum Gasteiger partial charge on any atom is -0.409 e. The van der Waals surface area contributed by atoms with Crippen LogP contribution in [0.15, 0.2) is 27.8 Å². The van der Waals surface area contributed by atoms with Crippen LogP contribution >= 0.6 is 27.5 Å². The molecule has 0 radical (unpaired) electrons. The fourth-order valence-corrected chi connectivity index (χ4v) is 3.03. The van der Waals surface area contributed by atoms with Gasteiger partial charge in [0.1, 0.15) is 5.41 Å². The number of benzene rings is 1. The first-order valence-electron chi connectivity index (χ1n) is 6.32. The van der Waals surface area contributed by atoms with E-state index in [1.54, 1.807) is 18.2 Å². The average Bonchev–Trinajstić information content (AvgIpc) is 2.49. The van der Waals surface area contributed by atoms with E-state index in [2.05, 4.69) is 26.4 Å². The average molecular weight is 377 g/mol. The Bertz CT molecular complexity index is 574. The fraction of sp³-hybridized carbons (Fsp3) is 0.385. The van der Waals surface area contributed by atoms with Gasteiger partial charge in [-0.1, -0.05) is 16.8 Å². The molecule has 114 valence electrons. The standard InChI is InChI=1S/C13H15BrClN3O3/c14-9-7-8(15)1-2-10(9)17-12(19)13(11(16)18-20)3-5-21-6-4-13/h1-2,7,20H,3-6H2,(H2,16,18)(H,17,19). The Kier molecular flexibility index (Phi) is 5.08. The largest absolute Gasteiger partial charge is 0.409 e. The number of nitrogens with two attached hydrogens (primary N) is 1. The molecule has 1 aliphatic heterocycles. The predicted molar refractivity (Wildman–Crippen MR) is 83.7 cm³/mol. The van der Waals surface area contributed by atoms with Crippen LogP contribution in [0.2, 0.25) is 5.02 Å². The van der Waals surface area contributed by atoms with E-state index in [4.69, 9.17) is 27.3 Å². The Hall–Kier alpha value is -1.31. The third kappa shape index (κ3) is 3.30. The number of oxime groups is 1. The monoisotopic (exact) mass is 375 g/mol. The lowest BCUT2D eigenvalue weighted by Crippen LogP contribution is -2.50. The molecule has 0 aliphatic carbocycles. The number of nitrogens with zero attached hydrogens (tertiary/aromatic N) is 1. The first-order chi connectivity index (χ1) is 9.99. The predicted octanol–water partition coefficient (Wildman–Crippen LogP) is 2.58. The SMILES string of the molecule is N/C(=N/O)C1(C(=O)Nc2ccc(Cl)cc2Br)CCOCC1. The molecule has 0 unspecified atom stereocenters. The van der Waals surface area contributed by atoms with Crippen LogP contribution < -0.4 is 11.1 Å². The molecule has 21 heavy (non-hydrogen) atoms. The molecular weight excluding hydrogens is 362 g/mol. The number of anilines is 1. The summed E-state index contributed by atoms with van der Waals surface area (Å²) < 4.78 is 5.92. The highest BCUT2D eigenvalue weighted by Crippen LogP contribution is 2.34. The zero-order valence-electron chi connectivity index (χ0n) is 11.1. The summed E-state index contributed by atoms with van der Waals surface area (Å²) in [5, 5.41) is 15.3. The minimum absolute atomic E-state index is 0.103. The van der Waals surface area contributed by atoms with Crippen LogP contribution in [-0.4, -0.2) is 30.2 Å². The molecule has 0 atom stereocenters. The van der Waals surface area contributed by atoms with Crippen molar-refractivity contribution < 1.29 is 14.7 Å². The summed E-state index contributed by atoms with van der Waals surface area (Å²) in [6.45, 7) is 0.761. The lowest BCUT2D eigenvalue weighted by Gasteiger charge is -2.34. The summed E-state index contributed by atoms with van der Waals surface area (Å²) in [6.07, 6.45) is 0.722. The number of hydrogen-bond acceptors (Lipinski definition) is 4. The van der Waals surface area contributed by atoms with Gasteiger partial charge in [-0.15, -0.1) is 0 Å². The molecular formula is C13H15BrClN3O3. The van der Waals surface area contributed by atoms with Crippen LogP contribution in [0.5, 0.6) is 0 Å². The maximum absolute atomic E-state index is 12.6. The van der Waals surface area contributed by atoms with Gasteiger partial charge in [-0.05, 0) is 47.0 Å². The Labute approximate surface area is 135 Å². The molecule has 0 saturated carbocycles. The van der Waals surface area contributed by atoms with E-state index in [0.29, 0.717) is 41.2 Å². The van der Waals surface area contributed by atoms with Gasteiger partial charge in [0, 0.05) is 22.7 Å². The molecule has 1 aliphatic rings. The van der Waals surface area contributed by atoms with Crippen LogP contribution in [0.4, 0.5) is 5.69 Å². The summed E-state index contributed by atoms with van der Waals surface area (Å²) in [5.41, 5.74) is 5.26. The van der Waals surface area contributed by atoms with Gasteiger partial charge in [-0.3, -0.25) is 4.79 Å². The minimum atomic E-state index is -1.06. The highest BCUT2D eigenvalue weighted by Gasteiger charge is 2.44. The topological polar surface area (TPSA) is 96.9 Å².